The molecule has 0 aliphatic carbocycles. The Balaban J connectivity index is 3.00. The average molecular weight is 163 g/mol. The van der Waals surface area contributed by atoms with Crippen LogP contribution < -0.4 is 0 Å². The number of pyridine rings is 1. The fraction of sp³-hybridized carbons (Fsp3) is 0.300. The Morgan fingerprint density at radius 1 is 1.33 bits per heavy atom. The first-order valence-electron chi connectivity index (χ1n) is 3.88. The largest absolute Gasteiger partial charge is 0.501 e. The van der Waals surface area contributed by atoms with Gasteiger partial charge in [-0.15, -0.1) is 0 Å². The number of hydrogen-bond donors (Lipinski definition) is 0. The van der Waals surface area contributed by atoms with Crippen molar-refractivity contribution in [3.05, 3.63) is 35.8 Å². The number of rotatable bonds is 2. The number of allylic oxidation sites excluding steroid dienone is 2. The second-order valence-corrected chi connectivity index (χ2v) is 2.60. The third-order valence-corrected chi connectivity index (χ3v) is 1.88. The van der Waals surface area contributed by atoms with E-state index in [0.29, 0.717) is 0 Å². The average Bonchev–Trinajstić information content (AvgIpc) is 2.17. The van der Waals surface area contributed by atoms with E-state index in [1.165, 1.54) is 0 Å². The standard InChI is InChI=1S/C10H13NO/c1-8(9(2)12-3)10-6-4-5-7-11-10/h4-7H,1-3H3/b9-8-. The predicted molar refractivity (Wildman–Crippen MR) is 49.5 cm³/mol. The highest BCUT2D eigenvalue weighted by atomic mass is 16.5. The van der Waals surface area contributed by atoms with Crippen LogP contribution in [-0.2, 0) is 4.74 Å². The molecule has 0 atom stereocenters. The van der Waals surface area contributed by atoms with Gasteiger partial charge in [-0.2, -0.15) is 0 Å². The molecule has 0 N–H and O–H groups in total. The minimum Gasteiger partial charge on any atom is -0.501 e. The van der Waals surface area contributed by atoms with Crippen molar-refractivity contribution >= 4 is 5.57 Å². The summed E-state index contributed by atoms with van der Waals surface area (Å²) in [5.41, 5.74) is 2.05. The fourth-order valence-electron chi connectivity index (χ4n) is 0.918. The van der Waals surface area contributed by atoms with Gasteiger partial charge in [0.1, 0.15) is 0 Å². The van der Waals surface area contributed by atoms with Gasteiger partial charge in [-0.05, 0) is 26.0 Å². The summed E-state index contributed by atoms with van der Waals surface area (Å²) in [7, 11) is 1.67. The Bertz CT molecular complexity index is 277. The Morgan fingerprint density at radius 3 is 2.58 bits per heavy atom. The molecule has 0 fully saturated rings. The summed E-state index contributed by atoms with van der Waals surface area (Å²) < 4.78 is 5.11. The molecule has 2 heteroatoms. The summed E-state index contributed by atoms with van der Waals surface area (Å²) in [4.78, 5) is 4.21. The van der Waals surface area contributed by atoms with E-state index in [2.05, 4.69) is 4.98 Å². The maximum absolute atomic E-state index is 5.11. The van der Waals surface area contributed by atoms with Gasteiger partial charge in [0.05, 0.1) is 18.6 Å². The Labute approximate surface area is 72.9 Å². The van der Waals surface area contributed by atoms with Crippen LogP contribution in [0.25, 0.3) is 5.57 Å². The molecule has 0 unspecified atom stereocenters. The smallest absolute Gasteiger partial charge is 0.0975 e. The van der Waals surface area contributed by atoms with Crippen LogP contribution >= 0.6 is 0 Å². The van der Waals surface area contributed by atoms with Gasteiger partial charge >= 0.3 is 0 Å². The normalized spacial score (nSPS) is 12.2. The third kappa shape index (κ3) is 1.84. The number of nitrogens with zero attached hydrogens (tertiary/aromatic N) is 1. The molecule has 0 radical (unpaired) electrons. The summed E-state index contributed by atoms with van der Waals surface area (Å²) >= 11 is 0. The summed E-state index contributed by atoms with van der Waals surface area (Å²) in [5.74, 6) is 0.911. The SMILES string of the molecule is CO/C(C)=C(/C)c1ccccn1. The molecule has 1 aromatic heterocycles. The second kappa shape index (κ2) is 3.90. The molecule has 0 amide bonds. The van der Waals surface area contributed by atoms with E-state index < -0.39 is 0 Å². The van der Waals surface area contributed by atoms with Crippen molar-refractivity contribution in [1.29, 1.82) is 0 Å². The van der Waals surface area contributed by atoms with Gasteiger partial charge < -0.3 is 4.74 Å². The van der Waals surface area contributed by atoms with Crippen molar-refractivity contribution in [2.24, 2.45) is 0 Å². The molecule has 0 bridgehead atoms. The lowest BCUT2D eigenvalue weighted by molar-refractivity contribution is 0.295. The van der Waals surface area contributed by atoms with E-state index >= 15 is 0 Å². The minimum atomic E-state index is 0.911. The molecular formula is C10H13NO. The zero-order chi connectivity index (χ0) is 8.97. The van der Waals surface area contributed by atoms with Crippen LogP contribution in [-0.4, -0.2) is 12.1 Å². The van der Waals surface area contributed by atoms with Gasteiger partial charge in [-0.1, -0.05) is 6.07 Å². The molecule has 0 saturated carbocycles. The van der Waals surface area contributed by atoms with Crippen LogP contribution in [0, 0.1) is 0 Å². The summed E-state index contributed by atoms with van der Waals surface area (Å²) in [6, 6.07) is 5.84. The molecule has 0 aliphatic rings. The van der Waals surface area contributed by atoms with E-state index in [-0.39, 0.29) is 0 Å². The first kappa shape index (κ1) is 8.78. The van der Waals surface area contributed by atoms with Gasteiger partial charge in [0.15, 0.2) is 0 Å². The van der Waals surface area contributed by atoms with Gasteiger partial charge in [0.2, 0.25) is 0 Å². The Morgan fingerprint density at radius 2 is 2.08 bits per heavy atom. The van der Waals surface area contributed by atoms with Crippen molar-refractivity contribution in [2.45, 2.75) is 13.8 Å². The number of ether oxygens (including phenoxy) is 1. The molecule has 64 valence electrons. The molecule has 1 rings (SSSR count). The van der Waals surface area contributed by atoms with E-state index in [1.807, 2.05) is 32.0 Å². The molecule has 12 heavy (non-hydrogen) atoms. The number of hydrogen-bond acceptors (Lipinski definition) is 2. The van der Waals surface area contributed by atoms with Crippen LogP contribution in [0.4, 0.5) is 0 Å². The summed E-state index contributed by atoms with van der Waals surface area (Å²) in [5, 5.41) is 0. The molecule has 1 aromatic rings. The molecule has 0 aromatic carbocycles. The Hall–Kier alpha value is -1.31. The maximum atomic E-state index is 5.11. The van der Waals surface area contributed by atoms with Crippen LogP contribution in [0.2, 0.25) is 0 Å². The maximum Gasteiger partial charge on any atom is 0.0975 e. The highest BCUT2D eigenvalue weighted by Gasteiger charge is 1.99. The first-order chi connectivity index (χ1) is 5.75. The van der Waals surface area contributed by atoms with Crippen molar-refractivity contribution in [1.82, 2.24) is 4.98 Å². The minimum absolute atomic E-state index is 0.911. The predicted octanol–water partition coefficient (Wildman–Crippen LogP) is 2.48. The number of aromatic nitrogens is 1. The van der Waals surface area contributed by atoms with E-state index in [0.717, 1.165) is 17.0 Å². The van der Waals surface area contributed by atoms with Crippen molar-refractivity contribution in [2.75, 3.05) is 7.11 Å². The first-order valence-corrected chi connectivity index (χ1v) is 3.88. The zero-order valence-corrected chi connectivity index (χ0v) is 7.66. The highest BCUT2D eigenvalue weighted by Crippen LogP contribution is 2.14. The van der Waals surface area contributed by atoms with E-state index in [1.54, 1.807) is 13.3 Å². The number of methoxy groups -OCH3 is 1. The van der Waals surface area contributed by atoms with Crippen LogP contribution in [0.15, 0.2) is 30.2 Å². The molecule has 0 spiro atoms. The van der Waals surface area contributed by atoms with Crippen molar-refractivity contribution < 1.29 is 4.74 Å². The second-order valence-electron chi connectivity index (χ2n) is 2.60. The van der Waals surface area contributed by atoms with E-state index in [4.69, 9.17) is 4.74 Å². The zero-order valence-electron chi connectivity index (χ0n) is 7.66. The lowest BCUT2D eigenvalue weighted by Crippen LogP contribution is -1.89. The van der Waals surface area contributed by atoms with Crippen LogP contribution in [0.5, 0.6) is 0 Å². The third-order valence-electron chi connectivity index (χ3n) is 1.88. The van der Waals surface area contributed by atoms with Gasteiger partial charge in [-0.3, -0.25) is 4.98 Å². The monoisotopic (exact) mass is 163 g/mol. The molecule has 0 aliphatic heterocycles. The lowest BCUT2D eigenvalue weighted by atomic mass is 10.2. The highest BCUT2D eigenvalue weighted by molar-refractivity contribution is 5.61. The topological polar surface area (TPSA) is 22.1 Å². The van der Waals surface area contributed by atoms with Gasteiger partial charge in [0, 0.05) is 11.8 Å². The van der Waals surface area contributed by atoms with Crippen molar-refractivity contribution in [3.63, 3.8) is 0 Å². The van der Waals surface area contributed by atoms with E-state index in [9.17, 15) is 0 Å². The quantitative estimate of drug-likeness (QED) is 0.625. The lowest BCUT2D eigenvalue weighted by Gasteiger charge is -2.04. The molecule has 0 saturated heterocycles. The molecule has 1 heterocycles. The van der Waals surface area contributed by atoms with Crippen LogP contribution in [0.3, 0.4) is 0 Å². The van der Waals surface area contributed by atoms with Crippen molar-refractivity contribution in [3.8, 4) is 0 Å². The molecular weight excluding hydrogens is 150 g/mol. The summed E-state index contributed by atoms with van der Waals surface area (Å²) in [6.45, 7) is 3.94. The molecule has 2 nitrogen and oxygen atoms in total. The summed E-state index contributed by atoms with van der Waals surface area (Å²) in [6.07, 6.45) is 1.78. The van der Waals surface area contributed by atoms with Gasteiger partial charge in [-0.25, -0.2) is 0 Å². The fourth-order valence-corrected chi connectivity index (χ4v) is 0.918. The van der Waals surface area contributed by atoms with Crippen LogP contribution in [0.1, 0.15) is 19.5 Å². The Kier molecular flexibility index (Phi) is 2.86. The van der Waals surface area contributed by atoms with Gasteiger partial charge in [0.25, 0.3) is 0 Å².